The first-order valence-corrected chi connectivity index (χ1v) is 27.9. The minimum absolute atomic E-state index is 0.0401. The number of pyridine rings is 1. The Morgan fingerprint density at radius 3 is 2.27 bits per heavy atom. The van der Waals surface area contributed by atoms with Gasteiger partial charge in [-0.3, -0.25) is 33.5 Å². The van der Waals surface area contributed by atoms with E-state index in [0.29, 0.717) is 22.2 Å². The number of benzene rings is 3. The van der Waals surface area contributed by atoms with E-state index in [9.17, 15) is 29.1 Å². The van der Waals surface area contributed by atoms with Gasteiger partial charge in [0.15, 0.2) is 5.82 Å². The summed E-state index contributed by atoms with van der Waals surface area (Å²) in [6, 6.07) is 23.5. The van der Waals surface area contributed by atoms with Crippen LogP contribution in [0.3, 0.4) is 0 Å². The predicted molar refractivity (Wildman–Crippen MR) is 303 cm³/mol. The molecular weight excluding hydrogens is 1050 g/mol. The van der Waals surface area contributed by atoms with Gasteiger partial charge >= 0.3 is 0 Å². The molecule has 406 valence electrons. The standard InChI is InChI=1S/C58H63ClN10O7S2/c1-32-35(4)78-57-50(32)51(40-17-19-43(59)20-18-40)63-45(54-66-65-36(5)69(54)57)27-47(71)62-33(2)38-13-15-39(16-14-38)42-21-22-67(49(73)25-42)23-24-76-30-48(72)64-53(58(6,7)8)56(75)68-29-44(70)26-46(68)55(74)60-28-37-9-11-41(12-10-37)52-34(3)61-31-77-52/h9-22,25,31,33,44-46,53,70H,23-24,26-30H2,1-8H3,(H,60,74)(H,62,71)(H,64,72)/t33-,44-,45+,46+,53-/m1/s1. The number of thiazole rings is 1. The third-order valence-corrected chi connectivity index (χ3v) is 16.7. The molecule has 1 saturated heterocycles. The second kappa shape index (κ2) is 23.4. The number of nitrogens with zero attached hydrogens (tertiary/aromatic N) is 7. The van der Waals surface area contributed by atoms with Crippen molar-refractivity contribution in [3.05, 3.63) is 162 Å². The number of carbonyl (C=O) groups is 4. The summed E-state index contributed by atoms with van der Waals surface area (Å²) in [6.07, 6.45) is 0.873. The number of β-amino-alcohol motifs (C(OH)–C–C–N with tert-alkyl or cyclic N) is 1. The Labute approximate surface area is 465 Å². The summed E-state index contributed by atoms with van der Waals surface area (Å²) >= 11 is 9.49. The molecule has 7 aromatic rings. The van der Waals surface area contributed by atoms with Gasteiger partial charge in [0.25, 0.3) is 5.56 Å². The van der Waals surface area contributed by atoms with Crippen molar-refractivity contribution >= 4 is 63.6 Å². The molecule has 0 spiro atoms. The topological polar surface area (TPSA) is 215 Å². The fraction of sp³-hybridized carbons (Fsp3) is 0.362. The molecule has 9 rings (SSSR count). The van der Waals surface area contributed by atoms with Gasteiger partial charge in [0.05, 0.1) is 47.0 Å². The summed E-state index contributed by atoms with van der Waals surface area (Å²) < 4.78 is 9.20. The van der Waals surface area contributed by atoms with Crippen molar-refractivity contribution in [2.24, 2.45) is 10.4 Å². The molecule has 0 unspecified atom stereocenters. The molecule has 0 saturated carbocycles. The van der Waals surface area contributed by atoms with E-state index in [1.165, 1.54) is 15.5 Å². The van der Waals surface area contributed by atoms with Gasteiger partial charge in [0.2, 0.25) is 23.6 Å². The van der Waals surface area contributed by atoms with Crippen LogP contribution < -0.4 is 21.5 Å². The summed E-state index contributed by atoms with van der Waals surface area (Å²) in [6.45, 7) is 15.4. The fourth-order valence-electron chi connectivity index (χ4n) is 9.84. The number of aliphatic hydroxyl groups is 1. The van der Waals surface area contributed by atoms with Crippen molar-refractivity contribution in [2.75, 3.05) is 19.8 Å². The molecular formula is C58H63ClN10O7S2. The third-order valence-electron chi connectivity index (χ3n) is 14.3. The average Bonchev–Trinajstić information content (AvgIpc) is 4.19. The van der Waals surface area contributed by atoms with E-state index in [4.69, 9.17) is 21.3 Å². The Hall–Kier alpha value is -7.16. The van der Waals surface area contributed by atoms with Crippen LogP contribution >= 0.6 is 34.3 Å². The van der Waals surface area contributed by atoms with Crippen LogP contribution in [0.4, 0.5) is 0 Å². The number of aryl methyl sites for hydroxylation is 3. The quantitative estimate of drug-likeness (QED) is 0.0642. The van der Waals surface area contributed by atoms with Gasteiger partial charge in [-0.25, -0.2) is 4.98 Å². The molecule has 4 N–H and O–H groups in total. The van der Waals surface area contributed by atoms with E-state index in [2.05, 4.69) is 45.0 Å². The summed E-state index contributed by atoms with van der Waals surface area (Å²) in [5.41, 5.74) is 9.80. The minimum Gasteiger partial charge on any atom is -0.391 e. The van der Waals surface area contributed by atoms with Crippen LogP contribution in [0, 0.1) is 33.1 Å². The number of rotatable bonds is 17. The number of aromatic nitrogens is 5. The molecule has 1 fully saturated rings. The zero-order valence-corrected chi connectivity index (χ0v) is 47.2. The fourth-order valence-corrected chi connectivity index (χ4v) is 12.0. The second-order valence-electron chi connectivity index (χ2n) is 21.0. The molecule has 6 heterocycles. The first-order chi connectivity index (χ1) is 37.2. The normalized spacial score (nSPS) is 16.9. The summed E-state index contributed by atoms with van der Waals surface area (Å²) in [5.74, 6) is -0.311. The number of amides is 4. The van der Waals surface area contributed by atoms with Crippen molar-refractivity contribution < 1.29 is 29.0 Å². The predicted octanol–water partition coefficient (Wildman–Crippen LogP) is 8.15. The van der Waals surface area contributed by atoms with E-state index in [1.54, 1.807) is 34.4 Å². The monoisotopic (exact) mass is 1110 g/mol. The lowest BCUT2D eigenvalue weighted by atomic mass is 9.85. The molecule has 0 radical (unpaired) electrons. The number of likely N-dealkylation sites (tertiary alicyclic amines) is 1. The van der Waals surface area contributed by atoms with E-state index >= 15 is 0 Å². The Bertz CT molecular complexity index is 3450. The van der Waals surface area contributed by atoms with Crippen molar-refractivity contribution in [2.45, 2.75) is 112 Å². The number of aliphatic hydroxyl groups excluding tert-OH is 1. The van der Waals surface area contributed by atoms with Gasteiger partial charge in [0, 0.05) is 59.3 Å². The number of fused-ring (bicyclic) bond motifs is 3. The number of ether oxygens (including phenoxy) is 1. The highest BCUT2D eigenvalue weighted by Crippen LogP contribution is 2.40. The maximum atomic E-state index is 14.1. The number of hydrogen-bond acceptors (Lipinski definition) is 13. The number of nitrogens with one attached hydrogen (secondary N) is 3. The highest BCUT2D eigenvalue weighted by Gasteiger charge is 2.44. The van der Waals surface area contributed by atoms with Gasteiger partial charge < -0.3 is 35.3 Å². The minimum atomic E-state index is -1.02. The van der Waals surface area contributed by atoms with Gasteiger partial charge in [-0.2, -0.15) is 0 Å². The summed E-state index contributed by atoms with van der Waals surface area (Å²) in [5, 5.41) is 30.0. The third kappa shape index (κ3) is 12.2. The molecule has 3 aromatic carbocycles. The highest BCUT2D eigenvalue weighted by molar-refractivity contribution is 7.15. The van der Waals surface area contributed by atoms with Crippen LogP contribution in [-0.4, -0.2) is 102 Å². The molecule has 78 heavy (non-hydrogen) atoms. The summed E-state index contributed by atoms with van der Waals surface area (Å²) in [4.78, 5) is 81.2. The lowest BCUT2D eigenvalue weighted by Gasteiger charge is -2.35. The average molecular weight is 1110 g/mol. The van der Waals surface area contributed by atoms with E-state index < -0.39 is 47.4 Å². The molecule has 0 aliphatic carbocycles. The smallest absolute Gasteiger partial charge is 0.251 e. The Balaban J connectivity index is 0.760. The highest BCUT2D eigenvalue weighted by atomic mass is 35.5. The van der Waals surface area contributed by atoms with Crippen molar-refractivity contribution in [3.63, 3.8) is 0 Å². The summed E-state index contributed by atoms with van der Waals surface area (Å²) in [7, 11) is 0. The second-order valence-corrected chi connectivity index (χ2v) is 23.5. The molecule has 5 atom stereocenters. The van der Waals surface area contributed by atoms with Gasteiger partial charge in [-0.1, -0.05) is 93.0 Å². The zero-order valence-electron chi connectivity index (χ0n) is 44.8. The first kappa shape index (κ1) is 55.6. The molecule has 20 heteroatoms. The van der Waals surface area contributed by atoms with Crippen LogP contribution in [0.15, 0.2) is 106 Å². The Morgan fingerprint density at radius 2 is 1.59 bits per heavy atom. The van der Waals surface area contributed by atoms with Crippen molar-refractivity contribution in [1.29, 1.82) is 0 Å². The lowest BCUT2D eigenvalue weighted by molar-refractivity contribution is -0.144. The molecule has 2 aliphatic heterocycles. The Kier molecular flexibility index (Phi) is 16.7. The van der Waals surface area contributed by atoms with Crippen LogP contribution in [0.2, 0.25) is 5.02 Å². The number of hydrogen-bond donors (Lipinski definition) is 4. The molecule has 17 nitrogen and oxygen atoms in total. The van der Waals surface area contributed by atoms with E-state index in [0.717, 1.165) is 65.1 Å². The van der Waals surface area contributed by atoms with E-state index in [1.807, 2.05) is 125 Å². The van der Waals surface area contributed by atoms with Crippen LogP contribution in [0.5, 0.6) is 0 Å². The van der Waals surface area contributed by atoms with Crippen LogP contribution in [0.1, 0.15) is 103 Å². The first-order valence-electron chi connectivity index (χ1n) is 25.8. The molecule has 2 aliphatic rings. The lowest BCUT2D eigenvalue weighted by Crippen LogP contribution is -2.58. The zero-order chi connectivity index (χ0) is 55.6. The van der Waals surface area contributed by atoms with Crippen LogP contribution in [0.25, 0.3) is 26.6 Å². The molecule has 0 bridgehead atoms. The van der Waals surface area contributed by atoms with E-state index in [-0.39, 0.29) is 63.2 Å². The molecule has 4 aromatic heterocycles. The largest absolute Gasteiger partial charge is 0.391 e. The number of aliphatic imine (C=N–C) groups is 1. The van der Waals surface area contributed by atoms with Crippen LogP contribution in [-0.2, 0) is 37.0 Å². The number of halogens is 1. The van der Waals surface area contributed by atoms with Gasteiger partial charge in [-0.05, 0) is 91.6 Å². The maximum Gasteiger partial charge on any atom is 0.251 e. The SMILES string of the molecule is Cc1ncsc1-c1ccc(CNC(=O)[C@@H]2C[C@@H](O)CN2C(=O)[C@@H](NC(=O)COCCn2ccc(-c3ccc([C@@H](C)NC(=O)C[C@@H]4N=C(c5ccc(Cl)cc5)c5c(sc(C)c5C)-n5c(C)nnc54)cc3)cc2=O)C(C)(C)C)cc1. The number of carbonyl (C=O) groups excluding carboxylic acids is 4. The number of thiophene rings is 1. The van der Waals surface area contributed by atoms with Crippen molar-refractivity contribution in [3.8, 4) is 26.6 Å². The Morgan fingerprint density at radius 1 is 0.885 bits per heavy atom. The van der Waals surface area contributed by atoms with Gasteiger partial charge in [-0.15, -0.1) is 32.9 Å². The van der Waals surface area contributed by atoms with Crippen molar-refractivity contribution in [1.82, 2.24) is 45.2 Å². The van der Waals surface area contributed by atoms with Gasteiger partial charge in [0.1, 0.15) is 35.6 Å². The molecule has 4 amide bonds. The maximum absolute atomic E-state index is 14.1.